The van der Waals surface area contributed by atoms with Crippen molar-refractivity contribution >= 4 is 23.0 Å². The summed E-state index contributed by atoms with van der Waals surface area (Å²) >= 11 is 0. The number of fused-ring (bicyclic) bond motifs is 1. The summed E-state index contributed by atoms with van der Waals surface area (Å²) in [7, 11) is 1.64. The van der Waals surface area contributed by atoms with E-state index in [4.69, 9.17) is 9.72 Å². The summed E-state index contributed by atoms with van der Waals surface area (Å²) in [6, 6.07) is 9.10. The van der Waals surface area contributed by atoms with Gasteiger partial charge in [-0.3, -0.25) is 4.40 Å². The van der Waals surface area contributed by atoms with Gasteiger partial charge >= 0.3 is 0 Å². The molecule has 0 unspecified atom stereocenters. The van der Waals surface area contributed by atoms with Crippen LogP contribution in [0.2, 0.25) is 0 Å². The van der Waals surface area contributed by atoms with Crippen LogP contribution < -0.4 is 20.3 Å². The lowest BCUT2D eigenvalue weighted by molar-refractivity contribution is 0.416. The highest BCUT2D eigenvalue weighted by atomic mass is 19.1. The predicted molar refractivity (Wildman–Crippen MR) is 122 cm³/mol. The Morgan fingerprint density at radius 3 is 2.78 bits per heavy atom. The Labute approximate surface area is 185 Å². The number of piperazine rings is 1. The van der Waals surface area contributed by atoms with Crippen LogP contribution in [0.3, 0.4) is 0 Å². The molecule has 2 N–H and O–H groups in total. The van der Waals surface area contributed by atoms with E-state index in [1.54, 1.807) is 36.2 Å². The third-order valence-corrected chi connectivity index (χ3v) is 5.61. The van der Waals surface area contributed by atoms with Gasteiger partial charge in [-0.25, -0.2) is 19.3 Å². The molecule has 0 aliphatic carbocycles. The number of nitrogens with zero attached hydrogens (tertiary/aromatic N) is 5. The topological polar surface area (TPSA) is 79.6 Å². The fourth-order valence-electron chi connectivity index (χ4n) is 3.95. The van der Waals surface area contributed by atoms with Crippen molar-refractivity contribution in [1.29, 1.82) is 0 Å². The number of halogens is 1. The molecule has 0 amide bonds. The fourth-order valence-corrected chi connectivity index (χ4v) is 3.95. The number of pyridine rings is 1. The average Bonchev–Trinajstić information content (AvgIpc) is 3.26. The second-order valence-corrected chi connectivity index (χ2v) is 7.67. The van der Waals surface area contributed by atoms with E-state index >= 15 is 0 Å². The number of aromatic nitrogens is 4. The van der Waals surface area contributed by atoms with Gasteiger partial charge in [0, 0.05) is 44.3 Å². The van der Waals surface area contributed by atoms with E-state index in [1.807, 2.05) is 13.0 Å². The van der Waals surface area contributed by atoms with E-state index in [1.165, 1.54) is 6.07 Å². The molecular weight excluding hydrogens is 409 g/mol. The molecule has 4 heterocycles. The maximum absolute atomic E-state index is 14.1. The predicted octanol–water partition coefficient (Wildman–Crippen LogP) is 3.40. The van der Waals surface area contributed by atoms with Crippen LogP contribution in [-0.4, -0.2) is 52.6 Å². The molecule has 0 saturated carbocycles. The van der Waals surface area contributed by atoms with Crippen LogP contribution in [0.15, 0.2) is 48.9 Å². The van der Waals surface area contributed by atoms with Gasteiger partial charge in [-0.15, -0.1) is 0 Å². The van der Waals surface area contributed by atoms with E-state index in [9.17, 15) is 4.39 Å². The number of ether oxygens (including phenoxy) is 1. The molecule has 1 aliphatic heterocycles. The molecule has 0 radical (unpaired) electrons. The Morgan fingerprint density at radius 2 is 1.97 bits per heavy atom. The highest BCUT2D eigenvalue weighted by Crippen LogP contribution is 2.32. The fraction of sp³-hybridized carbons (Fsp3) is 0.261. The van der Waals surface area contributed by atoms with Gasteiger partial charge in [0.25, 0.3) is 0 Å². The molecule has 1 aliphatic rings. The summed E-state index contributed by atoms with van der Waals surface area (Å²) in [4.78, 5) is 15.7. The van der Waals surface area contributed by atoms with Crippen LogP contribution in [0.1, 0.15) is 5.56 Å². The van der Waals surface area contributed by atoms with Gasteiger partial charge in [0.2, 0.25) is 5.95 Å². The molecule has 32 heavy (non-hydrogen) atoms. The summed E-state index contributed by atoms with van der Waals surface area (Å²) in [6.07, 6.45) is 5.15. The molecule has 1 fully saturated rings. The first-order valence-corrected chi connectivity index (χ1v) is 10.5. The molecule has 5 rings (SSSR count). The maximum Gasteiger partial charge on any atom is 0.227 e. The number of anilines is 3. The highest BCUT2D eigenvalue weighted by Gasteiger charge is 2.16. The van der Waals surface area contributed by atoms with E-state index in [-0.39, 0.29) is 11.5 Å². The van der Waals surface area contributed by atoms with Crippen molar-refractivity contribution in [3.63, 3.8) is 0 Å². The minimum Gasteiger partial charge on any atom is -0.495 e. The number of imidazole rings is 1. The van der Waals surface area contributed by atoms with Gasteiger partial charge in [0.1, 0.15) is 5.75 Å². The van der Waals surface area contributed by atoms with Gasteiger partial charge in [-0.1, -0.05) is 0 Å². The number of methoxy groups -OCH3 is 1. The van der Waals surface area contributed by atoms with Crippen LogP contribution in [-0.2, 0) is 0 Å². The third kappa shape index (κ3) is 3.71. The Bertz CT molecular complexity index is 1270. The van der Waals surface area contributed by atoms with Crippen molar-refractivity contribution in [3.8, 4) is 17.1 Å². The second-order valence-electron chi connectivity index (χ2n) is 7.67. The van der Waals surface area contributed by atoms with Crippen molar-refractivity contribution < 1.29 is 9.13 Å². The molecule has 1 aromatic carbocycles. The Morgan fingerprint density at radius 1 is 1.12 bits per heavy atom. The normalized spacial score (nSPS) is 14.0. The summed E-state index contributed by atoms with van der Waals surface area (Å²) in [5.41, 5.74) is 4.40. The van der Waals surface area contributed by atoms with Crippen molar-refractivity contribution in [3.05, 3.63) is 60.3 Å². The van der Waals surface area contributed by atoms with E-state index in [0.29, 0.717) is 23.1 Å². The van der Waals surface area contributed by atoms with Crippen molar-refractivity contribution in [2.45, 2.75) is 6.92 Å². The summed E-state index contributed by atoms with van der Waals surface area (Å²) in [6.45, 7) is 5.73. The lowest BCUT2D eigenvalue weighted by atomic mass is 10.2. The maximum atomic E-state index is 14.1. The molecular formula is C23H24FN7O. The monoisotopic (exact) mass is 433 g/mol. The number of hydrogen-bond donors (Lipinski definition) is 2. The minimum absolute atomic E-state index is 0.264. The molecule has 1 saturated heterocycles. The number of nitrogens with one attached hydrogen (secondary N) is 2. The molecule has 3 aromatic heterocycles. The van der Waals surface area contributed by atoms with Crippen LogP contribution >= 0.6 is 0 Å². The zero-order chi connectivity index (χ0) is 22.1. The molecule has 4 aromatic rings. The second kappa shape index (κ2) is 8.43. The number of rotatable bonds is 5. The summed E-state index contributed by atoms with van der Waals surface area (Å²) < 4.78 is 21.4. The summed E-state index contributed by atoms with van der Waals surface area (Å²) in [5.74, 6) is 0.748. The average molecular weight is 433 g/mol. The molecule has 0 atom stereocenters. The van der Waals surface area contributed by atoms with E-state index < -0.39 is 0 Å². The molecule has 9 heteroatoms. The van der Waals surface area contributed by atoms with Crippen LogP contribution in [0.5, 0.6) is 5.75 Å². The zero-order valence-corrected chi connectivity index (χ0v) is 18.0. The first-order chi connectivity index (χ1) is 15.6. The standard InChI is InChI=1S/C23H24FN7O/c1-15-13-27-23(29-21(15)19-14-26-22-17(24)4-3-9-31(19)22)28-18-12-16(5-6-20(18)32-2)30-10-7-25-8-11-30/h3-6,9,12-14,25H,7-8,10-11H2,1-2H3,(H,27,28,29). The van der Waals surface area contributed by atoms with Crippen LogP contribution in [0.4, 0.5) is 21.7 Å². The minimum atomic E-state index is -0.377. The van der Waals surface area contributed by atoms with Crippen LogP contribution in [0.25, 0.3) is 17.0 Å². The smallest absolute Gasteiger partial charge is 0.227 e. The Hall–Kier alpha value is -3.72. The molecule has 8 nitrogen and oxygen atoms in total. The molecule has 164 valence electrons. The highest BCUT2D eigenvalue weighted by molar-refractivity contribution is 5.71. The number of hydrogen-bond acceptors (Lipinski definition) is 7. The lowest BCUT2D eigenvalue weighted by Gasteiger charge is -2.30. The van der Waals surface area contributed by atoms with Gasteiger partial charge in [0.05, 0.1) is 30.4 Å². The van der Waals surface area contributed by atoms with Crippen LogP contribution in [0, 0.1) is 12.7 Å². The van der Waals surface area contributed by atoms with Gasteiger partial charge in [-0.2, -0.15) is 0 Å². The van der Waals surface area contributed by atoms with Gasteiger partial charge in [-0.05, 0) is 42.8 Å². The third-order valence-electron chi connectivity index (χ3n) is 5.61. The number of aryl methyl sites for hydroxylation is 1. The summed E-state index contributed by atoms with van der Waals surface area (Å²) in [5, 5.41) is 6.67. The van der Waals surface area contributed by atoms with Gasteiger partial charge in [0.15, 0.2) is 11.5 Å². The first kappa shape index (κ1) is 20.2. The van der Waals surface area contributed by atoms with Crippen molar-refractivity contribution in [1.82, 2.24) is 24.7 Å². The Balaban J connectivity index is 1.50. The lowest BCUT2D eigenvalue weighted by Crippen LogP contribution is -2.43. The number of benzene rings is 1. The van der Waals surface area contributed by atoms with E-state index in [2.05, 4.69) is 37.6 Å². The largest absolute Gasteiger partial charge is 0.495 e. The zero-order valence-electron chi connectivity index (χ0n) is 18.0. The van der Waals surface area contributed by atoms with E-state index in [0.717, 1.165) is 43.1 Å². The SMILES string of the molecule is COc1ccc(N2CCNCC2)cc1Nc1ncc(C)c(-c2cnc3c(F)cccn23)n1. The molecule has 0 spiro atoms. The van der Waals surface area contributed by atoms with Gasteiger partial charge < -0.3 is 20.3 Å². The quantitative estimate of drug-likeness (QED) is 0.499. The van der Waals surface area contributed by atoms with Crippen molar-refractivity contribution in [2.75, 3.05) is 43.5 Å². The first-order valence-electron chi connectivity index (χ1n) is 10.5. The van der Waals surface area contributed by atoms with Crippen molar-refractivity contribution in [2.24, 2.45) is 0 Å². The molecule has 0 bridgehead atoms. The Kier molecular flexibility index (Phi) is 5.32.